The number of para-hydroxylation sites is 1. The van der Waals surface area contributed by atoms with Crippen molar-refractivity contribution in [1.29, 1.82) is 0 Å². The number of hydrogen-bond donors (Lipinski definition) is 1. The Labute approximate surface area is 152 Å². The van der Waals surface area contributed by atoms with Gasteiger partial charge in [0.05, 0.1) is 17.9 Å². The van der Waals surface area contributed by atoms with Crippen LogP contribution in [0.1, 0.15) is 58.2 Å². The van der Waals surface area contributed by atoms with Gasteiger partial charge in [0.2, 0.25) is 0 Å². The molecule has 1 heterocycles. The van der Waals surface area contributed by atoms with Crippen LogP contribution >= 0.6 is 0 Å². The predicted molar refractivity (Wildman–Crippen MR) is 109 cm³/mol. The van der Waals surface area contributed by atoms with Gasteiger partial charge in [0, 0.05) is 5.56 Å². The second-order valence-electron chi connectivity index (χ2n) is 8.90. The summed E-state index contributed by atoms with van der Waals surface area (Å²) in [7, 11) is 0. The van der Waals surface area contributed by atoms with Crippen molar-refractivity contribution < 1.29 is 0 Å². The first kappa shape index (κ1) is 17.6. The van der Waals surface area contributed by atoms with E-state index < -0.39 is 0 Å². The molecule has 0 amide bonds. The van der Waals surface area contributed by atoms with Crippen molar-refractivity contribution in [3.05, 3.63) is 71.3 Å². The highest BCUT2D eigenvalue weighted by atomic mass is 15.5. The summed E-state index contributed by atoms with van der Waals surface area (Å²) in [6.07, 6.45) is 2.31. The van der Waals surface area contributed by atoms with Crippen LogP contribution in [0.4, 0.5) is 5.69 Å². The zero-order valence-electron chi connectivity index (χ0n) is 16.4. The van der Waals surface area contributed by atoms with Crippen LogP contribution in [0.3, 0.4) is 0 Å². The van der Waals surface area contributed by atoms with Crippen LogP contribution in [0.2, 0.25) is 0 Å². The average molecular weight is 335 g/mol. The van der Waals surface area contributed by atoms with Gasteiger partial charge < -0.3 is 0 Å². The standard InChI is InChI=1S/C23H30N2/c1-22(2,3)18-13-10-14-19(23(4,5)6)21(18)20-15-16-25(24-20)17-11-8-7-9-12-17/h7-15,24H,16H2,1-6H3. The fourth-order valence-electron chi connectivity index (χ4n) is 3.45. The van der Waals surface area contributed by atoms with Crippen LogP contribution < -0.4 is 10.4 Å². The molecule has 0 saturated heterocycles. The Bertz CT molecular complexity index is 742. The molecule has 0 spiro atoms. The Morgan fingerprint density at radius 2 is 1.32 bits per heavy atom. The van der Waals surface area contributed by atoms with E-state index in [4.69, 9.17) is 0 Å². The van der Waals surface area contributed by atoms with Crippen molar-refractivity contribution in [3.8, 4) is 0 Å². The Hall–Kier alpha value is -2.22. The fourth-order valence-corrected chi connectivity index (χ4v) is 3.45. The molecule has 3 rings (SSSR count). The van der Waals surface area contributed by atoms with E-state index in [1.165, 1.54) is 28.1 Å². The monoisotopic (exact) mass is 334 g/mol. The van der Waals surface area contributed by atoms with Crippen LogP contribution in [0.15, 0.2) is 54.6 Å². The van der Waals surface area contributed by atoms with E-state index >= 15 is 0 Å². The molecule has 0 aromatic heterocycles. The van der Waals surface area contributed by atoms with Gasteiger partial charge in [0.25, 0.3) is 0 Å². The summed E-state index contributed by atoms with van der Waals surface area (Å²) >= 11 is 0. The largest absolute Gasteiger partial charge is 0.298 e. The van der Waals surface area contributed by atoms with Crippen LogP contribution in [0.5, 0.6) is 0 Å². The van der Waals surface area contributed by atoms with Gasteiger partial charge in [-0.05, 0) is 40.2 Å². The van der Waals surface area contributed by atoms with Crippen LogP contribution in [-0.4, -0.2) is 6.54 Å². The number of nitrogens with one attached hydrogen (secondary N) is 1. The maximum absolute atomic E-state index is 3.64. The Morgan fingerprint density at radius 1 is 0.760 bits per heavy atom. The summed E-state index contributed by atoms with van der Waals surface area (Å²) in [6.45, 7) is 14.6. The van der Waals surface area contributed by atoms with Crippen LogP contribution in [0.25, 0.3) is 5.70 Å². The number of anilines is 1. The molecular formula is C23H30N2. The fraction of sp³-hybridized carbons (Fsp3) is 0.391. The Morgan fingerprint density at radius 3 is 1.84 bits per heavy atom. The Kier molecular flexibility index (Phi) is 4.40. The highest BCUT2D eigenvalue weighted by Gasteiger charge is 2.29. The third kappa shape index (κ3) is 3.58. The van der Waals surface area contributed by atoms with E-state index in [0.717, 1.165) is 6.54 Å². The van der Waals surface area contributed by atoms with E-state index in [-0.39, 0.29) is 10.8 Å². The maximum Gasteiger partial charge on any atom is 0.0599 e. The first-order chi connectivity index (χ1) is 11.7. The molecule has 25 heavy (non-hydrogen) atoms. The van der Waals surface area contributed by atoms with Gasteiger partial charge in [-0.1, -0.05) is 77.9 Å². The van der Waals surface area contributed by atoms with Crippen LogP contribution in [-0.2, 0) is 10.8 Å². The quantitative estimate of drug-likeness (QED) is 0.763. The molecule has 2 heteroatoms. The van der Waals surface area contributed by atoms with E-state index in [1.54, 1.807) is 0 Å². The van der Waals surface area contributed by atoms with Crippen molar-refractivity contribution in [2.75, 3.05) is 11.6 Å². The molecule has 0 fully saturated rings. The molecule has 2 nitrogen and oxygen atoms in total. The minimum Gasteiger partial charge on any atom is -0.298 e. The topological polar surface area (TPSA) is 15.3 Å². The second kappa shape index (κ2) is 6.25. The summed E-state index contributed by atoms with van der Waals surface area (Å²) in [6, 6.07) is 17.3. The smallest absolute Gasteiger partial charge is 0.0599 e. The molecular weight excluding hydrogens is 304 g/mol. The van der Waals surface area contributed by atoms with Gasteiger partial charge in [-0.15, -0.1) is 0 Å². The van der Waals surface area contributed by atoms with Gasteiger partial charge >= 0.3 is 0 Å². The first-order valence-corrected chi connectivity index (χ1v) is 9.12. The lowest BCUT2D eigenvalue weighted by molar-refractivity contribution is 0.564. The Balaban J connectivity index is 2.05. The molecule has 0 saturated carbocycles. The molecule has 2 aromatic rings. The summed E-state index contributed by atoms with van der Waals surface area (Å²) in [5.74, 6) is 0. The summed E-state index contributed by atoms with van der Waals surface area (Å²) < 4.78 is 0. The van der Waals surface area contributed by atoms with Crippen molar-refractivity contribution in [2.24, 2.45) is 0 Å². The van der Waals surface area contributed by atoms with Gasteiger partial charge in [-0.3, -0.25) is 10.4 Å². The zero-order valence-corrected chi connectivity index (χ0v) is 16.4. The van der Waals surface area contributed by atoms with Crippen LogP contribution in [0, 0.1) is 0 Å². The molecule has 0 radical (unpaired) electrons. The van der Waals surface area contributed by atoms with Crippen molar-refractivity contribution in [1.82, 2.24) is 5.43 Å². The first-order valence-electron chi connectivity index (χ1n) is 9.12. The van der Waals surface area contributed by atoms with Crippen molar-refractivity contribution in [2.45, 2.75) is 52.4 Å². The lowest BCUT2D eigenvalue weighted by atomic mass is 9.75. The second-order valence-corrected chi connectivity index (χ2v) is 8.90. The minimum atomic E-state index is 0.0965. The normalized spacial score (nSPS) is 15.1. The van der Waals surface area contributed by atoms with Gasteiger partial charge in [-0.25, -0.2) is 0 Å². The molecule has 0 atom stereocenters. The molecule has 1 N–H and O–H groups in total. The SMILES string of the molecule is CC(C)(C)c1cccc(C(C)(C)C)c1C1=CCN(c2ccccc2)N1. The summed E-state index contributed by atoms with van der Waals surface area (Å²) in [4.78, 5) is 0. The van der Waals surface area contributed by atoms with Crippen molar-refractivity contribution in [3.63, 3.8) is 0 Å². The van der Waals surface area contributed by atoms with Gasteiger partial charge in [0.1, 0.15) is 0 Å². The minimum absolute atomic E-state index is 0.0965. The molecule has 0 unspecified atom stereocenters. The number of rotatable bonds is 2. The highest BCUT2D eigenvalue weighted by Crippen LogP contribution is 2.38. The average Bonchev–Trinajstić information content (AvgIpc) is 3.03. The number of hydrazine groups is 1. The molecule has 132 valence electrons. The van der Waals surface area contributed by atoms with E-state index in [0.29, 0.717) is 0 Å². The lowest BCUT2D eigenvalue weighted by Crippen LogP contribution is -2.32. The highest BCUT2D eigenvalue weighted by molar-refractivity contribution is 5.75. The summed E-state index contributed by atoms with van der Waals surface area (Å²) in [5, 5.41) is 2.21. The zero-order chi connectivity index (χ0) is 18.2. The van der Waals surface area contributed by atoms with Gasteiger partial charge in [0.15, 0.2) is 0 Å². The molecule has 1 aliphatic rings. The molecule has 0 aliphatic carbocycles. The lowest BCUT2D eigenvalue weighted by Gasteiger charge is -2.31. The third-order valence-corrected chi connectivity index (χ3v) is 4.75. The number of nitrogens with zero attached hydrogens (tertiary/aromatic N) is 1. The van der Waals surface area contributed by atoms with Gasteiger partial charge in [-0.2, -0.15) is 0 Å². The number of benzene rings is 2. The molecule has 2 aromatic carbocycles. The maximum atomic E-state index is 3.64. The van der Waals surface area contributed by atoms with E-state index in [2.05, 4.69) is 107 Å². The van der Waals surface area contributed by atoms with Crippen molar-refractivity contribution >= 4 is 11.4 Å². The van der Waals surface area contributed by atoms with E-state index in [9.17, 15) is 0 Å². The molecule has 0 bridgehead atoms. The number of hydrogen-bond acceptors (Lipinski definition) is 2. The molecule has 1 aliphatic heterocycles. The van der Waals surface area contributed by atoms with E-state index in [1.807, 2.05) is 0 Å². The third-order valence-electron chi connectivity index (χ3n) is 4.75. The predicted octanol–water partition coefficient (Wildman–Crippen LogP) is 5.65. The summed E-state index contributed by atoms with van der Waals surface area (Å²) in [5.41, 5.74) is 10.4.